The molecule has 0 saturated carbocycles. The summed E-state index contributed by atoms with van der Waals surface area (Å²) in [5, 5.41) is 0. The summed E-state index contributed by atoms with van der Waals surface area (Å²) in [5.74, 6) is 0. The molecular weight excluding hydrogens is 146 g/mol. The lowest BCUT2D eigenvalue weighted by Crippen LogP contribution is -2.15. The normalized spacial score (nSPS) is 14.1. The summed E-state index contributed by atoms with van der Waals surface area (Å²) in [6, 6.07) is 0. The molecule has 10 heavy (non-hydrogen) atoms. The SMILES string of the molecule is CC(S)OCCCN(C)C. The quantitative estimate of drug-likeness (QED) is 0.372. The molecule has 1 atom stereocenters. The minimum Gasteiger partial charge on any atom is -0.368 e. The molecule has 1 unspecified atom stereocenters. The van der Waals surface area contributed by atoms with E-state index in [2.05, 4.69) is 31.6 Å². The standard InChI is InChI=1S/C7H17NOS/c1-7(10)9-6-4-5-8(2)3/h7,10H,4-6H2,1-3H3. The maximum atomic E-state index is 5.23. The second kappa shape index (κ2) is 6.01. The summed E-state index contributed by atoms with van der Waals surface area (Å²) in [4.78, 5) is 2.15. The van der Waals surface area contributed by atoms with E-state index in [1.807, 2.05) is 6.92 Å². The van der Waals surface area contributed by atoms with Crippen LogP contribution in [0.15, 0.2) is 0 Å². The van der Waals surface area contributed by atoms with E-state index in [1.54, 1.807) is 0 Å². The predicted octanol–water partition coefficient (Wildman–Crippen LogP) is 1.23. The molecule has 0 amide bonds. The second-order valence-corrected chi connectivity index (χ2v) is 3.35. The van der Waals surface area contributed by atoms with E-state index in [0.717, 1.165) is 19.6 Å². The Balaban J connectivity index is 2.91. The number of hydrogen-bond acceptors (Lipinski definition) is 3. The highest BCUT2D eigenvalue weighted by molar-refractivity contribution is 7.80. The summed E-state index contributed by atoms with van der Waals surface area (Å²) in [6.45, 7) is 3.82. The first-order valence-corrected chi connectivity index (χ1v) is 4.09. The van der Waals surface area contributed by atoms with Gasteiger partial charge in [-0.15, -0.1) is 12.6 Å². The van der Waals surface area contributed by atoms with Crippen molar-refractivity contribution in [2.45, 2.75) is 18.8 Å². The van der Waals surface area contributed by atoms with Crippen LogP contribution in [0, 0.1) is 0 Å². The van der Waals surface area contributed by atoms with E-state index in [1.165, 1.54) is 0 Å². The van der Waals surface area contributed by atoms with E-state index < -0.39 is 0 Å². The van der Waals surface area contributed by atoms with Crippen molar-refractivity contribution in [1.82, 2.24) is 4.90 Å². The zero-order chi connectivity index (χ0) is 7.98. The van der Waals surface area contributed by atoms with Crippen LogP contribution in [0.1, 0.15) is 13.3 Å². The van der Waals surface area contributed by atoms with Crippen LogP contribution in [-0.4, -0.2) is 37.6 Å². The summed E-state index contributed by atoms with van der Waals surface area (Å²) < 4.78 is 5.23. The highest BCUT2D eigenvalue weighted by atomic mass is 32.1. The third-order valence-electron chi connectivity index (χ3n) is 1.11. The maximum absolute atomic E-state index is 5.23. The third kappa shape index (κ3) is 8.27. The van der Waals surface area contributed by atoms with Crippen LogP contribution in [0.5, 0.6) is 0 Å². The first-order chi connectivity index (χ1) is 4.63. The Kier molecular flexibility index (Phi) is 6.17. The van der Waals surface area contributed by atoms with E-state index in [9.17, 15) is 0 Å². The molecule has 0 aliphatic heterocycles. The molecular formula is C7H17NOS. The fourth-order valence-corrected chi connectivity index (χ4v) is 0.740. The number of nitrogens with zero attached hydrogens (tertiary/aromatic N) is 1. The van der Waals surface area contributed by atoms with Crippen molar-refractivity contribution >= 4 is 12.6 Å². The van der Waals surface area contributed by atoms with Gasteiger partial charge in [0.15, 0.2) is 0 Å². The van der Waals surface area contributed by atoms with Gasteiger partial charge >= 0.3 is 0 Å². The molecule has 3 heteroatoms. The molecule has 0 heterocycles. The van der Waals surface area contributed by atoms with Crippen LogP contribution < -0.4 is 0 Å². The average Bonchev–Trinajstić information content (AvgIpc) is 1.79. The van der Waals surface area contributed by atoms with Crippen LogP contribution in [0.4, 0.5) is 0 Å². The minimum absolute atomic E-state index is 0.0714. The predicted molar refractivity (Wildman–Crippen MR) is 47.6 cm³/mol. The minimum atomic E-state index is 0.0714. The molecule has 0 aromatic carbocycles. The molecule has 0 aromatic rings. The van der Waals surface area contributed by atoms with Gasteiger partial charge in [0.1, 0.15) is 0 Å². The Labute approximate surface area is 69.0 Å². The number of rotatable bonds is 5. The largest absolute Gasteiger partial charge is 0.368 e. The van der Waals surface area contributed by atoms with Crippen molar-refractivity contribution in [1.29, 1.82) is 0 Å². The van der Waals surface area contributed by atoms with Gasteiger partial charge in [-0.05, 0) is 34.0 Å². The molecule has 0 aliphatic carbocycles. The molecule has 0 radical (unpaired) electrons. The van der Waals surface area contributed by atoms with E-state index in [0.29, 0.717) is 0 Å². The van der Waals surface area contributed by atoms with E-state index in [-0.39, 0.29) is 5.44 Å². The summed E-state index contributed by atoms with van der Waals surface area (Å²) >= 11 is 4.09. The van der Waals surface area contributed by atoms with Gasteiger partial charge in [0.05, 0.1) is 5.44 Å². The first-order valence-electron chi connectivity index (χ1n) is 3.57. The van der Waals surface area contributed by atoms with Gasteiger partial charge in [-0.25, -0.2) is 0 Å². The number of ether oxygens (including phenoxy) is 1. The Morgan fingerprint density at radius 1 is 1.50 bits per heavy atom. The van der Waals surface area contributed by atoms with Gasteiger partial charge in [0.2, 0.25) is 0 Å². The highest BCUT2D eigenvalue weighted by Gasteiger charge is 1.93. The zero-order valence-electron chi connectivity index (χ0n) is 7.00. The molecule has 0 spiro atoms. The maximum Gasteiger partial charge on any atom is 0.0971 e. The molecule has 62 valence electrons. The van der Waals surface area contributed by atoms with Crippen LogP contribution in [-0.2, 0) is 4.74 Å². The van der Waals surface area contributed by atoms with Gasteiger partial charge in [-0.1, -0.05) is 0 Å². The monoisotopic (exact) mass is 163 g/mol. The van der Waals surface area contributed by atoms with Gasteiger partial charge in [-0.3, -0.25) is 0 Å². The van der Waals surface area contributed by atoms with Crippen LogP contribution in [0.2, 0.25) is 0 Å². The molecule has 0 saturated heterocycles. The Morgan fingerprint density at radius 3 is 2.50 bits per heavy atom. The Hall–Kier alpha value is 0.270. The topological polar surface area (TPSA) is 12.5 Å². The summed E-state index contributed by atoms with van der Waals surface area (Å²) in [6.07, 6.45) is 1.08. The van der Waals surface area contributed by atoms with Crippen molar-refractivity contribution in [3.05, 3.63) is 0 Å². The molecule has 0 aliphatic rings. The fraction of sp³-hybridized carbons (Fsp3) is 1.00. The second-order valence-electron chi connectivity index (χ2n) is 2.63. The van der Waals surface area contributed by atoms with Gasteiger partial charge in [-0.2, -0.15) is 0 Å². The molecule has 0 bridgehead atoms. The Bertz CT molecular complexity index is 66.0. The van der Waals surface area contributed by atoms with E-state index >= 15 is 0 Å². The molecule has 2 nitrogen and oxygen atoms in total. The van der Waals surface area contributed by atoms with Crippen molar-refractivity contribution in [3.63, 3.8) is 0 Å². The summed E-state index contributed by atoms with van der Waals surface area (Å²) in [7, 11) is 4.12. The van der Waals surface area contributed by atoms with Gasteiger partial charge in [0, 0.05) is 6.61 Å². The first kappa shape index (κ1) is 10.3. The van der Waals surface area contributed by atoms with Gasteiger partial charge in [0.25, 0.3) is 0 Å². The molecule has 0 rings (SSSR count). The molecule has 0 N–H and O–H groups in total. The van der Waals surface area contributed by atoms with Gasteiger partial charge < -0.3 is 9.64 Å². The zero-order valence-corrected chi connectivity index (χ0v) is 7.90. The lowest BCUT2D eigenvalue weighted by molar-refractivity contribution is 0.117. The number of hydrogen-bond donors (Lipinski definition) is 1. The molecule has 0 aromatic heterocycles. The van der Waals surface area contributed by atoms with Crippen LogP contribution in [0.25, 0.3) is 0 Å². The van der Waals surface area contributed by atoms with E-state index in [4.69, 9.17) is 4.74 Å². The van der Waals surface area contributed by atoms with Crippen LogP contribution in [0.3, 0.4) is 0 Å². The number of thiol groups is 1. The Morgan fingerprint density at radius 2 is 2.10 bits per heavy atom. The molecule has 0 fully saturated rings. The van der Waals surface area contributed by atoms with Crippen LogP contribution >= 0.6 is 12.6 Å². The fourth-order valence-electron chi connectivity index (χ4n) is 0.635. The third-order valence-corrected chi connectivity index (χ3v) is 1.26. The average molecular weight is 163 g/mol. The lowest BCUT2D eigenvalue weighted by Gasteiger charge is -2.10. The van der Waals surface area contributed by atoms with Crippen molar-refractivity contribution in [3.8, 4) is 0 Å². The van der Waals surface area contributed by atoms with Crippen molar-refractivity contribution in [2.24, 2.45) is 0 Å². The smallest absolute Gasteiger partial charge is 0.0971 e. The highest BCUT2D eigenvalue weighted by Crippen LogP contribution is 1.95. The van der Waals surface area contributed by atoms with Crippen molar-refractivity contribution < 1.29 is 4.74 Å². The lowest BCUT2D eigenvalue weighted by atomic mass is 10.4. The van der Waals surface area contributed by atoms with Crippen molar-refractivity contribution in [2.75, 3.05) is 27.2 Å². The summed E-state index contributed by atoms with van der Waals surface area (Å²) in [5.41, 5.74) is 0.0714.